The van der Waals surface area contributed by atoms with Crippen molar-refractivity contribution >= 4 is 6.08 Å². The summed E-state index contributed by atoms with van der Waals surface area (Å²) in [6, 6.07) is 6.11. The van der Waals surface area contributed by atoms with Gasteiger partial charge < -0.3 is 14.8 Å². The van der Waals surface area contributed by atoms with Crippen LogP contribution in [0.4, 0.5) is 13.2 Å². The summed E-state index contributed by atoms with van der Waals surface area (Å²) in [5, 5.41) is 3.17. The Morgan fingerprint density at radius 1 is 1.29 bits per heavy atom. The van der Waals surface area contributed by atoms with E-state index >= 15 is 0 Å². The molecule has 6 heteroatoms. The minimum absolute atomic E-state index is 0.187. The maximum Gasteiger partial charge on any atom is 0.573 e. The number of rotatable bonds is 8. The molecule has 0 aliphatic carbocycles. The van der Waals surface area contributed by atoms with Gasteiger partial charge >= 0.3 is 6.36 Å². The summed E-state index contributed by atoms with van der Waals surface area (Å²) in [6.07, 6.45) is -2.23. The second-order valence-corrected chi connectivity index (χ2v) is 4.41. The summed E-state index contributed by atoms with van der Waals surface area (Å²) in [7, 11) is 1.61. The van der Waals surface area contributed by atoms with Crippen LogP contribution in [0.15, 0.2) is 29.8 Å². The number of hydrogen-bond donors (Lipinski definition) is 1. The highest BCUT2D eigenvalue weighted by atomic mass is 19.4. The van der Waals surface area contributed by atoms with Gasteiger partial charge in [0.15, 0.2) is 0 Å². The molecule has 1 rings (SSSR count). The molecule has 1 aromatic carbocycles. The smallest absolute Gasteiger partial charge is 0.405 e. The first-order valence-electron chi connectivity index (χ1n) is 6.70. The van der Waals surface area contributed by atoms with Crippen LogP contribution < -0.4 is 10.1 Å². The highest BCUT2D eigenvalue weighted by molar-refractivity contribution is 5.60. The second-order valence-electron chi connectivity index (χ2n) is 4.41. The molecule has 0 aliphatic rings. The first-order valence-corrected chi connectivity index (χ1v) is 6.70. The number of halogens is 3. The number of para-hydroxylation sites is 1. The molecule has 1 aromatic rings. The Morgan fingerprint density at radius 3 is 2.62 bits per heavy atom. The molecule has 0 aromatic heterocycles. The van der Waals surface area contributed by atoms with Crippen LogP contribution in [0.5, 0.6) is 5.75 Å². The predicted molar refractivity (Wildman–Crippen MR) is 76.1 cm³/mol. The zero-order valence-corrected chi connectivity index (χ0v) is 12.2. The third-order valence-corrected chi connectivity index (χ3v) is 2.79. The Bertz CT molecular complexity index is 458. The van der Waals surface area contributed by atoms with Crippen molar-refractivity contribution in [3.63, 3.8) is 0 Å². The van der Waals surface area contributed by atoms with Gasteiger partial charge in [0.05, 0.1) is 6.61 Å². The molecule has 0 unspecified atom stereocenters. The molecule has 118 valence electrons. The fourth-order valence-electron chi connectivity index (χ4n) is 1.74. The van der Waals surface area contributed by atoms with E-state index in [0.29, 0.717) is 25.3 Å². The maximum absolute atomic E-state index is 12.4. The number of nitrogens with one attached hydrogen (secondary N) is 1. The number of hydrogen-bond acceptors (Lipinski definition) is 3. The van der Waals surface area contributed by atoms with Crippen LogP contribution in [-0.2, 0) is 4.74 Å². The summed E-state index contributed by atoms with van der Waals surface area (Å²) in [4.78, 5) is 0. The van der Waals surface area contributed by atoms with Gasteiger partial charge in [-0.05, 0) is 12.5 Å². The molecule has 0 fully saturated rings. The quantitative estimate of drug-likeness (QED) is 0.744. The van der Waals surface area contributed by atoms with Gasteiger partial charge in [-0.15, -0.1) is 13.2 Å². The fourth-order valence-corrected chi connectivity index (χ4v) is 1.74. The van der Waals surface area contributed by atoms with Crippen molar-refractivity contribution < 1.29 is 22.6 Å². The molecule has 0 amide bonds. The van der Waals surface area contributed by atoms with Gasteiger partial charge in [-0.25, -0.2) is 0 Å². The first kappa shape index (κ1) is 17.5. The largest absolute Gasteiger partial charge is 0.573 e. The van der Waals surface area contributed by atoms with Crippen molar-refractivity contribution in [3.8, 4) is 5.75 Å². The third-order valence-electron chi connectivity index (χ3n) is 2.79. The molecular weight excluding hydrogens is 283 g/mol. The van der Waals surface area contributed by atoms with Crippen molar-refractivity contribution in [1.29, 1.82) is 0 Å². The van der Waals surface area contributed by atoms with Crippen molar-refractivity contribution in [1.82, 2.24) is 5.32 Å². The van der Waals surface area contributed by atoms with Crippen molar-refractivity contribution in [3.05, 3.63) is 35.4 Å². The highest BCUT2D eigenvalue weighted by Gasteiger charge is 2.31. The Labute approximate surface area is 122 Å². The summed E-state index contributed by atoms with van der Waals surface area (Å²) in [5.74, 6) is -0.187. The Balaban J connectivity index is 2.80. The van der Waals surface area contributed by atoms with Crippen LogP contribution in [0, 0.1) is 0 Å². The molecule has 21 heavy (non-hydrogen) atoms. The highest BCUT2D eigenvalue weighted by Crippen LogP contribution is 2.27. The lowest BCUT2D eigenvalue weighted by molar-refractivity contribution is -0.274. The normalized spacial score (nSPS) is 12.5. The van der Waals surface area contributed by atoms with E-state index in [-0.39, 0.29) is 5.75 Å². The van der Waals surface area contributed by atoms with Crippen molar-refractivity contribution in [2.75, 3.05) is 26.8 Å². The van der Waals surface area contributed by atoms with E-state index in [0.717, 1.165) is 12.0 Å². The average molecular weight is 303 g/mol. The van der Waals surface area contributed by atoms with Crippen LogP contribution in [0.25, 0.3) is 6.08 Å². The molecule has 0 saturated heterocycles. The number of ether oxygens (including phenoxy) is 2. The number of methoxy groups -OCH3 is 1. The molecule has 1 N–H and O–H groups in total. The molecule has 0 aliphatic heterocycles. The predicted octanol–water partition coefficient (Wildman–Crippen LogP) is 3.61. The van der Waals surface area contributed by atoms with Gasteiger partial charge in [0.1, 0.15) is 5.75 Å². The van der Waals surface area contributed by atoms with Gasteiger partial charge in [-0.2, -0.15) is 0 Å². The lowest BCUT2D eigenvalue weighted by Gasteiger charge is -2.12. The standard InChI is InChI=1S/C15H20F3NO2/c1-3-12(11-19-8-9-20-2)10-13-6-4-5-7-14(13)21-15(16,17)18/h4-7,10,19H,3,8-9,11H2,1-2H3. The molecule has 3 nitrogen and oxygen atoms in total. The van der Waals surface area contributed by atoms with Gasteiger partial charge in [0.25, 0.3) is 0 Å². The van der Waals surface area contributed by atoms with Gasteiger partial charge in [-0.3, -0.25) is 0 Å². The zero-order chi connectivity index (χ0) is 15.7. The third kappa shape index (κ3) is 7.15. The molecular formula is C15H20F3NO2. The van der Waals surface area contributed by atoms with E-state index in [9.17, 15) is 13.2 Å². The van der Waals surface area contributed by atoms with E-state index in [4.69, 9.17) is 4.74 Å². The molecule has 0 bridgehead atoms. The van der Waals surface area contributed by atoms with Gasteiger partial charge in [0, 0.05) is 25.8 Å². The summed E-state index contributed by atoms with van der Waals surface area (Å²) in [5.41, 5.74) is 1.41. The van der Waals surface area contributed by atoms with Crippen LogP contribution in [0.3, 0.4) is 0 Å². The van der Waals surface area contributed by atoms with E-state index in [2.05, 4.69) is 10.1 Å². The summed E-state index contributed by atoms with van der Waals surface area (Å²) < 4.78 is 46.0. The molecule has 0 heterocycles. The molecule has 0 radical (unpaired) electrons. The summed E-state index contributed by atoms with van der Waals surface area (Å²) >= 11 is 0. The van der Waals surface area contributed by atoms with Crippen LogP contribution in [0.2, 0.25) is 0 Å². The fraction of sp³-hybridized carbons (Fsp3) is 0.467. The van der Waals surface area contributed by atoms with Crippen LogP contribution in [-0.4, -0.2) is 33.2 Å². The van der Waals surface area contributed by atoms with Crippen molar-refractivity contribution in [2.45, 2.75) is 19.7 Å². The molecule has 0 spiro atoms. The van der Waals surface area contributed by atoms with Gasteiger partial charge in [-0.1, -0.05) is 36.8 Å². The SMILES string of the molecule is CCC(=Cc1ccccc1OC(F)(F)F)CNCCOC. The lowest BCUT2D eigenvalue weighted by atomic mass is 10.1. The van der Waals surface area contributed by atoms with Crippen molar-refractivity contribution in [2.24, 2.45) is 0 Å². The molecule has 0 atom stereocenters. The van der Waals surface area contributed by atoms with E-state index in [1.165, 1.54) is 12.1 Å². The average Bonchev–Trinajstić information content (AvgIpc) is 2.42. The lowest BCUT2D eigenvalue weighted by Crippen LogP contribution is -2.21. The minimum Gasteiger partial charge on any atom is -0.405 e. The summed E-state index contributed by atoms with van der Waals surface area (Å²) in [6.45, 7) is 3.83. The van der Waals surface area contributed by atoms with Gasteiger partial charge in [0.2, 0.25) is 0 Å². The number of benzene rings is 1. The first-order chi connectivity index (χ1) is 9.96. The maximum atomic E-state index is 12.4. The zero-order valence-electron chi connectivity index (χ0n) is 12.2. The monoisotopic (exact) mass is 303 g/mol. The van der Waals surface area contributed by atoms with Crippen LogP contribution >= 0.6 is 0 Å². The Kier molecular flexibility index (Phi) is 7.25. The number of alkyl halides is 3. The van der Waals surface area contributed by atoms with E-state index in [1.54, 1.807) is 25.3 Å². The Morgan fingerprint density at radius 2 is 2.00 bits per heavy atom. The topological polar surface area (TPSA) is 30.5 Å². The second kappa shape index (κ2) is 8.69. The minimum atomic E-state index is -4.69. The van der Waals surface area contributed by atoms with E-state index in [1.807, 2.05) is 6.92 Å². The Hall–Kier alpha value is -1.53. The van der Waals surface area contributed by atoms with E-state index < -0.39 is 6.36 Å². The molecule has 0 saturated carbocycles. The van der Waals surface area contributed by atoms with Crippen LogP contribution in [0.1, 0.15) is 18.9 Å².